The summed E-state index contributed by atoms with van der Waals surface area (Å²) in [4.78, 5) is 17.3. The lowest BCUT2D eigenvalue weighted by Crippen LogP contribution is -2.22. The molecule has 5 rings (SSSR count). The Morgan fingerprint density at radius 3 is 3.04 bits per heavy atom. The maximum atomic E-state index is 12.6. The Hall–Kier alpha value is -3.02. The van der Waals surface area contributed by atoms with Crippen LogP contribution in [0.3, 0.4) is 0 Å². The van der Waals surface area contributed by atoms with Crippen molar-refractivity contribution in [3.63, 3.8) is 0 Å². The van der Waals surface area contributed by atoms with Gasteiger partial charge in [0.25, 0.3) is 5.91 Å². The number of nitrogens with zero attached hydrogens (tertiary/aromatic N) is 2. The summed E-state index contributed by atoms with van der Waals surface area (Å²) >= 11 is 0. The van der Waals surface area contributed by atoms with Crippen LogP contribution in [0.2, 0.25) is 0 Å². The standard InChI is InChI=1S/C21H21N3O3/c1-13-6-7-24-17-4-3-15(10-16(17)23-20(24)8-13)21(25)22-11-14-2-5-18-19(9-14)27-12-26-18/h2-5,9-10,13H,6-8,11-12H2,1H3,(H,22,25)/t13-/m0/s1. The van der Waals surface area contributed by atoms with Crippen LogP contribution in [-0.2, 0) is 19.5 Å². The summed E-state index contributed by atoms with van der Waals surface area (Å²) in [5.74, 6) is 3.16. The SMILES string of the molecule is C[C@H]1CCn2c(nc3cc(C(=O)NCc4ccc5c(c4)OCO5)ccc32)C1. The van der Waals surface area contributed by atoms with Crippen molar-refractivity contribution in [1.29, 1.82) is 0 Å². The second-order valence-corrected chi connectivity index (χ2v) is 7.35. The van der Waals surface area contributed by atoms with Gasteiger partial charge in [0.2, 0.25) is 6.79 Å². The molecule has 27 heavy (non-hydrogen) atoms. The van der Waals surface area contributed by atoms with Crippen LogP contribution in [-0.4, -0.2) is 22.3 Å². The highest BCUT2D eigenvalue weighted by molar-refractivity contribution is 5.97. The van der Waals surface area contributed by atoms with Crippen LogP contribution in [0.4, 0.5) is 0 Å². The summed E-state index contributed by atoms with van der Waals surface area (Å²) in [5, 5.41) is 2.97. The molecule has 0 spiro atoms. The number of hydrogen-bond donors (Lipinski definition) is 1. The Bertz CT molecular complexity index is 1040. The van der Waals surface area contributed by atoms with Crippen LogP contribution in [0, 0.1) is 5.92 Å². The minimum absolute atomic E-state index is 0.103. The molecule has 3 aromatic rings. The molecule has 0 saturated carbocycles. The molecule has 1 amide bonds. The van der Waals surface area contributed by atoms with E-state index in [1.54, 1.807) is 0 Å². The van der Waals surface area contributed by atoms with E-state index in [0.29, 0.717) is 18.0 Å². The first kappa shape index (κ1) is 16.2. The fourth-order valence-corrected chi connectivity index (χ4v) is 3.82. The number of aryl methyl sites for hydroxylation is 1. The average molecular weight is 363 g/mol. The van der Waals surface area contributed by atoms with E-state index >= 15 is 0 Å². The van der Waals surface area contributed by atoms with Crippen LogP contribution in [0.1, 0.15) is 35.1 Å². The highest BCUT2D eigenvalue weighted by Gasteiger charge is 2.20. The smallest absolute Gasteiger partial charge is 0.251 e. The van der Waals surface area contributed by atoms with E-state index in [0.717, 1.165) is 46.9 Å². The van der Waals surface area contributed by atoms with Crippen molar-refractivity contribution in [2.75, 3.05) is 6.79 Å². The third-order valence-corrected chi connectivity index (χ3v) is 5.36. The molecule has 0 unspecified atom stereocenters. The summed E-state index contributed by atoms with van der Waals surface area (Å²) in [6.45, 7) is 3.95. The molecule has 0 bridgehead atoms. The second-order valence-electron chi connectivity index (χ2n) is 7.35. The van der Waals surface area contributed by atoms with Gasteiger partial charge in [-0.3, -0.25) is 4.79 Å². The van der Waals surface area contributed by atoms with Crippen molar-refractivity contribution in [2.24, 2.45) is 5.92 Å². The van der Waals surface area contributed by atoms with Gasteiger partial charge in [-0.2, -0.15) is 0 Å². The van der Waals surface area contributed by atoms with Crippen LogP contribution in [0.5, 0.6) is 11.5 Å². The first-order valence-electron chi connectivity index (χ1n) is 9.33. The highest BCUT2D eigenvalue weighted by Crippen LogP contribution is 2.32. The maximum Gasteiger partial charge on any atom is 0.251 e. The minimum Gasteiger partial charge on any atom is -0.454 e. The van der Waals surface area contributed by atoms with Gasteiger partial charge in [-0.15, -0.1) is 0 Å². The molecule has 2 aromatic carbocycles. The first-order valence-corrected chi connectivity index (χ1v) is 9.33. The largest absolute Gasteiger partial charge is 0.454 e. The lowest BCUT2D eigenvalue weighted by atomic mass is 10.0. The number of aromatic nitrogens is 2. The fourth-order valence-electron chi connectivity index (χ4n) is 3.82. The zero-order chi connectivity index (χ0) is 18.4. The predicted molar refractivity (Wildman–Crippen MR) is 101 cm³/mol. The van der Waals surface area contributed by atoms with E-state index in [1.165, 1.54) is 6.42 Å². The quantitative estimate of drug-likeness (QED) is 0.776. The van der Waals surface area contributed by atoms with Gasteiger partial charge in [0, 0.05) is 25.1 Å². The Morgan fingerprint density at radius 1 is 1.22 bits per heavy atom. The summed E-state index contributed by atoms with van der Waals surface area (Å²) in [6, 6.07) is 11.5. The molecule has 3 heterocycles. The monoisotopic (exact) mass is 363 g/mol. The van der Waals surface area contributed by atoms with E-state index in [-0.39, 0.29) is 12.7 Å². The summed E-state index contributed by atoms with van der Waals surface area (Å²) < 4.78 is 13.0. The van der Waals surface area contributed by atoms with Gasteiger partial charge in [-0.25, -0.2) is 4.98 Å². The number of hydrogen-bond acceptors (Lipinski definition) is 4. The average Bonchev–Trinajstić information content (AvgIpc) is 3.28. The van der Waals surface area contributed by atoms with Crippen molar-refractivity contribution in [1.82, 2.24) is 14.9 Å². The van der Waals surface area contributed by atoms with E-state index in [9.17, 15) is 4.79 Å². The maximum absolute atomic E-state index is 12.6. The van der Waals surface area contributed by atoms with Gasteiger partial charge in [-0.05, 0) is 48.2 Å². The van der Waals surface area contributed by atoms with E-state index < -0.39 is 0 Å². The topological polar surface area (TPSA) is 65.4 Å². The van der Waals surface area contributed by atoms with Crippen molar-refractivity contribution in [3.8, 4) is 11.5 Å². The number of nitrogens with one attached hydrogen (secondary N) is 1. The summed E-state index contributed by atoms with van der Waals surface area (Å²) in [6.07, 6.45) is 2.18. The Balaban J connectivity index is 1.33. The van der Waals surface area contributed by atoms with Crippen LogP contribution < -0.4 is 14.8 Å². The molecular formula is C21H21N3O3. The van der Waals surface area contributed by atoms with E-state index in [2.05, 4.69) is 16.8 Å². The van der Waals surface area contributed by atoms with Gasteiger partial charge in [0.1, 0.15) is 5.82 Å². The molecule has 6 heteroatoms. The normalized spacial score (nSPS) is 17.7. The number of imidazole rings is 1. The summed E-state index contributed by atoms with van der Waals surface area (Å²) in [7, 11) is 0. The predicted octanol–water partition coefficient (Wildman–Crippen LogP) is 3.28. The third-order valence-electron chi connectivity index (χ3n) is 5.36. The van der Waals surface area contributed by atoms with Crippen LogP contribution in [0.15, 0.2) is 36.4 Å². The number of rotatable bonds is 3. The van der Waals surface area contributed by atoms with Gasteiger partial charge in [0.15, 0.2) is 11.5 Å². The van der Waals surface area contributed by atoms with Crippen molar-refractivity contribution in [3.05, 3.63) is 53.3 Å². The zero-order valence-corrected chi connectivity index (χ0v) is 15.2. The molecule has 0 aliphatic carbocycles. The molecule has 138 valence electrons. The molecule has 0 fully saturated rings. The second kappa shape index (κ2) is 6.30. The number of fused-ring (bicyclic) bond motifs is 4. The molecule has 2 aliphatic rings. The third kappa shape index (κ3) is 2.91. The molecule has 6 nitrogen and oxygen atoms in total. The first-order chi connectivity index (χ1) is 13.2. The lowest BCUT2D eigenvalue weighted by Gasteiger charge is -2.19. The van der Waals surface area contributed by atoms with Gasteiger partial charge in [0.05, 0.1) is 11.0 Å². The van der Waals surface area contributed by atoms with Crippen molar-refractivity contribution < 1.29 is 14.3 Å². The van der Waals surface area contributed by atoms with Crippen molar-refractivity contribution in [2.45, 2.75) is 32.9 Å². The summed E-state index contributed by atoms with van der Waals surface area (Å²) in [5.41, 5.74) is 3.62. The highest BCUT2D eigenvalue weighted by atomic mass is 16.7. The van der Waals surface area contributed by atoms with Gasteiger partial charge >= 0.3 is 0 Å². The van der Waals surface area contributed by atoms with E-state index in [4.69, 9.17) is 14.5 Å². The Labute approximate surface area is 157 Å². The van der Waals surface area contributed by atoms with Gasteiger partial charge < -0.3 is 19.4 Å². The van der Waals surface area contributed by atoms with Gasteiger partial charge in [-0.1, -0.05) is 13.0 Å². The van der Waals surface area contributed by atoms with E-state index in [1.807, 2.05) is 36.4 Å². The fraction of sp³-hybridized carbons (Fsp3) is 0.333. The Morgan fingerprint density at radius 2 is 2.11 bits per heavy atom. The lowest BCUT2D eigenvalue weighted by molar-refractivity contribution is 0.0951. The number of benzene rings is 2. The number of ether oxygens (including phenoxy) is 2. The molecule has 1 N–H and O–H groups in total. The molecule has 1 aromatic heterocycles. The molecule has 1 atom stereocenters. The number of carbonyl (C=O) groups excluding carboxylic acids is 1. The molecular weight excluding hydrogens is 342 g/mol. The zero-order valence-electron chi connectivity index (χ0n) is 15.2. The minimum atomic E-state index is -0.103. The van der Waals surface area contributed by atoms with Crippen LogP contribution in [0.25, 0.3) is 11.0 Å². The molecule has 0 radical (unpaired) electrons. The van der Waals surface area contributed by atoms with Crippen molar-refractivity contribution >= 4 is 16.9 Å². The molecule has 0 saturated heterocycles. The number of carbonyl (C=O) groups is 1. The number of amides is 1. The van der Waals surface area contributed by atoms with Crippen LogP contribution >= 0.6 is 0 Å². The molecule has 2 aliphatic heterocycles. The Kier molecular flexibility index (Phi) is 3.77.